The van der Waals surface area contributed by atoms with E-state index in [0.717, 1.165) is 0 Å². The van der Waals surface area contributed by atoms with Crippen molar-refractivity contribution in [2.45, 2.75) is 6.10 Å². The molecule has 1 aromatic rings. The van der Waals surface area contributed by atoms with Crippen LogP contribution in [-0.2, 0) is 0 Å². The van der Waals surface area contributed by atoms with E-state index in [1.807, 2.05) is 0 Å². The summed E-state index contributed by atoms with van der Waals surface area (Å²) in [7, 11) is 0. The van der Waals surface area contributed by atoms with Gasteiger partial charge in [0.2, 0.25) is 0 Å². The number of aliphatic hydroxyl groups excluding tert-OH is 1. The van der Waals surface area contributed by atoms with Crippen molar-refractivity contribution in [2.24, 2.45) is 0 Å². The van der Waals surface area contributed by atoms with Crippen molar-refractivity contribution in [1.82, 2.24) is 15.1 Å². The Morgan fingerprint density at radius 2 is 2.46 bits per heavy atom. The summed E-state index contributed by atoms with van der Waals surface area (Å²) < 4.78 is 0.652. The molecule has 2 heterocycles. The first-order valence-corrected chi connectivity index (χ1v) is 4.64. The van der Waals surface area contributed by atoms with Gasteiger partial charge in [-0.15, -0.1) is 0 Å². The molecular weight excluding hydrogens is 238 g/mol. The van der Waals surface area contributed by atoms with E-state index in [1.165, 1.54) is 6.20 Å². The number of hydrogen-bond acceptors (Lipinski definition) is 3. The van der Waals surface area contributed by atoms with E-state index in [9.17, 15) is 4.79 Å². The summed E-state index contributed by atoms with van der Waals surface area (Å²) in [6.45, 7) is 0.814. The lowest BCUT2D eigenvalue weighted by atomic mass is 10.1. The molecule has 0 radical (unpaired) electrons. The van der Waals surface area contributed by atoms with Gasteiger partial charge in [-0.2, -0.15) is 5.10 Å². The Morgan fingerprint density at radius 1 is 1.77 bits per heavy atom. The number of aliphatic hydroxyl groups is 1. The smallest absolute Gasteiger partial charge is 0.273 e. The van der Waals surface area contributed by atoms with E-state index in [0.29, 0.717) is 23.3 Å². The molecular formula is C7H8BrN3O2. The number of nitrogens with zero attached hydrogens (tertiary/aromatic N) is 2. The van der Waals surface area contributed by atoms with E-state index in [4.69, 9.17) is 5.11 Å². The first-order chi connectivity index (χ1) is 6.18. The maximum Gasteiger partial charge on any atom is 0.273 e. The number of aromatic nitrogens is 2. The van der Waals surface area contributed by atoms with Gasteiger partial charge in [-0.25, -0.2) is 0 Å². The molecule has 70 valence electrons. The third-order valence-electron chi connectivity index (χ3n) is 1.96. The van der Waals surface area contributed by atoms with Crippen LogP contribution in [0.4, 0.5) is 0 Å². The summed E-state index contributed by atoms with van der Waals surface area (Å²) in [6, 6.07) is 0. The number of amides is 1. The second-order valence-electron chi connectivity index (χ2n) is 2.96. The number of halogens is 1. The van der Waals surface area contributed by atoms with E-state index in [1.54, 1.807) is 4.90 Å². The molecule has 0 aromatic carbocycles. The molecule has 0 bridgehead atoms. The van der Waals surface area contributed by atoms with Gasteiger partial charge in [0, 0.05) is 13.1 Å². The minimum Gasteiger partial charge on any atom is -0.389 e. The fourth-order valence-electron chi connectivity index (χ4n) is 1.20. The fourth-order valence-corrected chi connectivity index (χ4v) is 1.56. The Kier molecular flexibility index (Phi) is 2.09. The number of hydrogen-bond donors (Lipinski definition) is 2. The average Bonchev–Trinajstić information content (AvgIpc) is 2.44. The van der Waals surface area contributed by atoms with Crippen LogP contribution in [0.25, 0.3) is 0 Å². The number of nitrogens with one attached hydrogen (secondary N) is 1. The molecule has 6 heteroatoms. The summed E-state index contributed by atoms with van der Waals surface area (Å²) in [6.07, 6.45) is 1.16. The first-order valence-electron chi connectivity index (χ1n) is 3.84. The molecule has 0 spiro atoms. The molecule has 5 nitrogen and oxygen atoms in total. The second-order valence-corrected chi connectivity index (χ2v) is 3.81. The average molecular weight is 246 g/mol. The second kappa shape index (κ2) is 3.12. The zero-order valence-electron chi connectivity index (χ0n) is 6.70. The van der Waals surface area contributed by atoms with Crippen LogP contribution in [0, 0.1) is 0 Å². The van der Waals surface area contributed by atoms with Crippen molar-refractivity contribution in [3.8, 4) is 0 Å². The maximum absolute atomic E-state index is 11.6. The molecule has 2 rings (SSSR count). The summed E-state index contributed by atoms with van der Waals surface area (Å²) in [5.74, 6) is -0.130. The minimum absolute atomic E-state index is 0.130. The summed E-state index contributed by atoms with van der Waals surface area (Å²) in [5.41, 5.74) is 0.437. The summed E-state index contributed by atoms with van der Waals surface area (Å²) in [5, 5.41) is 15.3. The Bertz CT molecular complexity index is 332. The number of carbonyl (C=O) groups is 1. The van der Waals surface area contributed by atoms with Crippen molar-refractivity contribution in [2.75, 3.05) is 13.1 Å². The third-order valence-corrected chi connectivity index (χ3v) is 2.56. The zero-order chi connectivity index (χ0) is 9.42. The quantitative estimate of drug-likeness (QED) is 0.732. The molecule has 1 amide bonds. The number of aromatic amines is 1. The number of β-amino-alcohol motifs (C(OH)–C–C–N with tert-alkyl or cyclic N) is 1. The molecule has 13 heavy (non-hydrogen) atoms. The third kappa shape index (κ3) is 1.47. The van der Waals surface area contributed by atoms with Crippen molar-refractivity contribution in [1.29, 1.82) is 0 Å². The molecule has 0 unspecified atom stereocenters. The van der Waals surface area contributed by atoms with Gasteiger partial charge in [-0.1, -0.05) is 0 Å². The van der Waals surface area contributed by atoms with Gasteiger partial charge in [-0.05, 0) is 15.9 Å². The Labute approximate surface area is 82.9 Å². The van der Waals surface area contributed by atoms with Crippen LogP contribution in [0.3, 0.4) is 0 Å². The number of H-pyrrole nitrogens is 1. The number of rotatable bonds is 1. The lowest BCUT2D eigenvalue weighted by molar-refractivity contribution is 0.00544. The van der Waals surface area contributed by atoms with Crippen LogP contribution in [0.5, 0.6) is 0 Å². The first kappa shape index (κ1) is 8.71. The van der Waals surface area contributed by atoms with Crippen LogP contribution in [0.2, 0.25) is 0 Å². The lowest BCUT2D eigenvalue weighted by Crippen LogP contribution is -2.53. The van der Waals surface area contributed by atoms with Crippen LogP contribution in [-0.4, -0.2) is 45.3 Å². The normalized spacial score (nSPS) is 17.2. The Morgan fingerprint density at radius 3 is 2.92 bits per heavy atom. The highest BCUT2D eigenvalue weighted by Crippen LogP contribution is 2.18. The van der Waals surface area contributed by atoms with Crippen LogP contribution in [0.15, 0.2) is 10.7 Å². The van der Waals surface area contributed by atoms with Crippen LogP contribution < -0.4 is 0 Å². The molecule has 1 fully saturated rings. The van der Waals surface area contributed by atoms with Crippen LogP contribution in [0.1, 0.15) is 10.5 Å². The molecule has 1 aromatic heterocycles. The molecule has 0 atom stereocenters. The monoisotopic (exact) mass is 245 g/mol. The van der Waals surface area contributed by atoms with E-state index < -0.39 is 0 Å². The SMILES string of the molecule is O=C(c1[nH]ncc1Br)N1CC(O)C1. The Balaban J connectivity index is 2.10. The van der Waals surface area contributed by atoms with Crippen molar-refractivity contribution < 1.29 is 9.90 Å². The predicted molar refractivity (Wildman–Crippen MR) is 48.2 cm³/mol. The van der Waals surface area contributed by atoms with Gasteiger partial charge in [0.05, 0.1) is 16.8 Å². The summed E-state index contributed by atoms with van der Waals surface area (Å²) >= 11 is 3.20. The van der Waals surface area contributed by atoms with Crippen molar-refractivity contribution >= 4 is 21.8 Å². The van der Waals surface area contributed by atoms with E-state index in [-0.39, 0.29) is 12.0 Å². The topological polar surface area (TPSA) is 69.2 Å². The molecule has 0 aliphatic carbocycles. The van der Waals surface area contributed by atoms with E-state index >= 15 is 0 Å². The van der Waals surface area contributed by atoms with Gasteiger partial charge in [0.15, 0.2) is 0 Å². The van der Waals surface area contributed by atoms with Crippen molar-refractivity contribution in [3.05, 3.63) is 16.4 Å². The standard InChI is InChI=1S/C7H8BrN3O2/c8-5-1-9-10-6(5)7(13)11-2-4(12)3-11/h1,4,12H,2-3H2,(H,9,10). The summed E-state index contributed by atoms with van der Waals surface area (Å²) in [4.78, 5) is 13.1. The number of likely N-dealkylation sites (tertiary alicyclic amines) is 1. The van der Waals surface area contributed by atoms with Crippen LogP contribution >= 0.6 is 15.9 Å². The predicted octanol–water partition coefficient (Wildman–Crippen LogP) is -0.0111. The molecule has 1 aliphatic heterocycles. The lowest BCUT2D eigenvalue weighted by Gasteiger charge is -2.35. The minimum atomic E-state index is -0.370. The van der Waals surface area contributed by atoms with Gasteiger partial charge in [0.25, 0.3) is 5.91 Å². The van der Waals surface area contributed by atoms with Gasteiger partial charge in [-0.3, -0.25) is 9.89 Å². The van der Waals surface area contributed by atoms with Gasteiger partial charge in [0.1, 0.15) is 5.69 Å². The Hall–Kier alpha value is -0.880. The van der Waals surface area contributed by atoms with Crippen molar-refractivity contribution in [3.63, 3.8) is 0 Å². The van der Waals surface area contributed by atoms with Gasteiger partial charge < -0.3 is 10.0 Å². The highest BCUT2D eigenvalue weighted by Gasteiger charge is 2.31. The number of carbonyl (C=O) groups excluding carboxylic acids is 1. The molecule has 0 saturated carbocycles. The highest BCUT2D eigenvalue weighted by atomic mass is 79.9. The highest BCUT2D eigenvalue weighted by molar-refractivity contribution is 9.10. The maximum atomic E-state index is 11.6. The fraction of sp³-hybridized carbons (Fsp3) is 0.429. The molecule has 2 N–H and O–H groups in total. The molecule has 1 saturated heterocycles. The zero-order valence-corrected chi connectivity index (χ0v) is 8.28. The largest absolute Gasteiger partial charge is 0.389 e. The van der Waals surface area contributed by atoms with Gasteiger partial charge >= 0.3 is 0 Å². The molecule has 1 aliphatic rings. The van der Waals surface area contributed by atoms with E-state index in [2.05, 4.69) is 26.1 Å².